The molecule has 3 aromatic carbocycles. The fraction of sp³-hybridized carbons (Fsp3) is 0.385. The van der Waals surface area contributed by atoms with Crippen molar-refractivity contribution in [1.29, 1.82) is 0 Å². The number of phenols is 1. The highest BCUT2D eigenvalue weighted by Crippen LogP contribution is 2.51. The van der Waals surface area contributed by atoms with Crippen LogP contribution in [0.2, 0.25) is 11.4 Å². The Labute approximate surface area is 285 Å². The Hall–Kier alpha value is -3.76. The van der Waals surface area contributed by atoms with E-state index in [0.29, 0.717) is 25.9 Å². The first kappa shape index (κ1) is 34.1. The van der Waals surface area contributed by atoms with Gasteiger partial charge in [0.1, 0.15) is 5.75 Å². The highest BCUT2D eigenvalue weighted by atomic mass is 28.4. The number of hydrogen-bond donors (Lipinski definition) is 2. The molecule has 1 aliphatic carbocycles. The molecule has 2 amide bonds. The van der Waals surface area contributed by atoms with Gasteiger partial charge in [0.25, 0.3) is 8.32 Å². The smallest absolute Gasteiger partial charge is 0.455 e. The van der Waals surface area contributed by atoms with E-state index in [1.807, 2.05) is 24.3 Å². The van der Waals surface area contributed by atoms with Crippen LogP contribution in [-0.2, 0) is 18.7 Å². The molecule has 48 heavy (non-hydrogen) atoms. The SMILES string of the molecule is C/C(=C\c1ccc(O)cc1)CC[C@H]1OB(O)C[C@H]2C1=C(CO[Si](c1ccccc1)(c1ccccc1)C(C)(C)C)C[C@H]1C(=O)N(C)C(=O)[C@H]12. The van der Waals surface area contributed by atoms with E-state index < -0.39 is 33.4 Å². The monoisotopic (exact) mass is 663 g/mol. The second-order valence-corrected chi connectivity index (χ2v) is 18.9. The number of fused-ring (bicyclic) bond motifs is 3. The van der Waals surface area contributed by atoms with Gasteiger partial charge in [-0.25, -0.2) is 0 Å². The number of nitrogens with zero attached hydrogens (tertiary/aromatic N) is 1. The molecule has 3 aromatic rings. The normalized spacial score (nSPS) is 23.4. The average Bonchev–Trinajstić information content (AvgIpc) is 3.28. The molecule has 2 saturated heterocycles. The Bertz CT molecular complexity index is 1660. The lowest BCUT2D eigenvalue weighted by atomic mass is 9.58. The summed E-state index contributed by atoms with van der Waals surface area (Å²) in [5.74, 6) is -1.40. The Morgan fingerprint density at radius 3 is 2.15 bits per heavy atom. The third kappa shape index (κ3) is 6.37. The maximum absolute atomic E-state index is 13.5. The van der Waals surface area contributed by atoms with Gasteiger partial charge in [0.2, 0.25) is 11.8 Å². The van der Waals surface area contributed by atoms with Gasteiger partial charge in [-0.2, -0.15) is 0 Å². The molecule has 250 valence electrons. The van der Waals surface area contributed by atoms with Crippen molar-refractivity contribution in [3.63, 3.8) is 0 Å². The summed E-state index contributed by atoms with van der Waals surface area (Å²) in [6, 6.07) is 28.1. The first-order valence-electron chi connectivity index (χ1n) is 17.0. The Morgan fingerprint density at radius 2 is 1.56 bits per heavy atom. The van der Waals surface area contributed by atoms with Crippen LogP contribution in [0.4, 0.5) is 0 Å². The van der Waals surface area contributed by atoms with Gasteiger partial charge in [0, 0.05) is 7.05 Å². The fourth-order valence-electron chi connectivity index (χ4n) is 8.30. The number of likely N-dealkylation sites (tertiary alicyclic amines) is 1. The molecule has 3 aliphatic rings. The van der Waals surface area contributed by atoms with Crippen molar-refractivity contribution in [3.8, 4) is 5.75 Å². The van der Waals surface area contributed by atoms with Gasteiger partial charge in [-0.05, 0) is 82.7 Å². The quantitative estimate of drug-likeness (QED) is 0.176. The number of aromatic hydroxyl groups is 1. The number of carbonyl (C=O) groups excluding carboxylic acids is 2. The molecule has 0 radical (unpaired) electrons. The predicted octanol–water partition coefficient (Wildman–Crippen LogP) is 5.58. The van der Waals surface area contributed by atoms with Crippen LogP contribution in [0, 0.1) is 17.8 Å². The summed E-state index contributed by atoms with van der Waals surface area (Å²) in [7, 11) is -2.36. The zero-order chi connectivity index (χ0) is 34.2. The minimum Gasteiger partial charge on any atom is -0.508 e. The summed E-state index contributed by atoms with van der Waals surface area (Å²) >= 11 is 0. The minimum absolute atomic E-state index is 0.155. The van der Waals surface area contributed by atoms with E-state index >= 15 is 0 Å². The van der Waals surface area contributed by atoms with Crippen molar-refractivity contribution in [1.82, 2.24) is 4.90 Å². The summed E-state index contributed by atoms with van der Waals surface area (Å²) in [5.41, 5.74) is 4.16. The van der Waals surface area contributed by atoms with Crippen molar-refractivity contribution in [2.24, 2.45) is 17.8 Å². The van der Waals surface area contributed by atoms with Crippen LogP contribution < -0.4 is 10.4 Å². The Kier molecular flexibility index (Phi) is 9.69. The summed E-state index contributed by atoms with van der Waals surface area (Å²) in [5, 5.41) is 22.8. The first-order chi connectivity index (χ1) is 22.9. The molecule has 0 bridgehead atoms. The van der Waals surface area contributed by atoms with Crippen molar-refractivity contribution < 1.29 is 28.8 Å². The van der Waals surface area contributed by atoms with Gasteiger partial charge >= 0.3 is 7.12 Å². The van der Waals surface area contributed by atoms with Crippen LogP contribution in [0.5, 0.6) is 5.75 Å². The van der Waals surface area contributed by atoms with Crippen molar-refractivity contribution in [3.05, 3.63) is 107 Å². The van der Waals surface area contributed by atoms with Crippen LogP contribution in [0.25, 0.3) is 6.08 Å². The van der Waals surface area contributed by atoms with Crippen molar-refractivity contribution >= 4 is 43.7 Å². The largest absolute Gasteiger partial charge is 0.508 e. The van der Waals surface area contributed by atoms with E-state index in [-0.39, 0.29) is 34.8 Å². The molecule has 0 spiro atoms. The Balaban J connectivity index is 1.40. The highest BCUT2D eigenvalue weighted by Gasteiger charge is 2.57. The number of imide groups is 1. The van der Waals surface area contributed by atoms with E-state index in [9.17, 15) is 19.7 Å². The van der Waals surface area contributed by atoms with E-state index in [1.54, 1.807) is 19.2 Å². The molecule has 2 aliphatic heterocycles. The topological polar surface area (TPSA) is 96.3 Å². The zero-order valence-electron chi connectivity index (χ0n) is 28.6. The van der Waals surface area contributed by atoms with Gasteiger partial charge in [-0.3, -0.25) is 14.5 Å². The standard InChI is InChI=1S/C39H46BNO6Si/c1-26(22-27-17-19-29(42)20-18-27)16-21-34-35-28(23-32-36(33(35)24-40(45)47-34)38(44)41(5)37(32)43)25-46-48(39(2,3)4,30-12-8-6-9-13-30)31-14-10-7-11-15-31/h6-15,17-20,22,32-34,36,42,45H,16,21,23-25H2,1-5H3/b26-22+/t32-,33+,34-,36-/m1/s1. The molecule has 0 unspecified atom stereocenters. The molecular weight excluding hydrogens is 617 g/mol. The fourth-order valence-corrected chi connectivity index (χ4v) is 12.8. The number of carbonyl (C=O) groups is 2. The second kappa shape index (κ2) is 13.6. The summed E-state index contributed by atoms with van der Waals surface area (Å²) in [6.07, 6.45) is 3.68. The third-order valence-corrected chi connectivity index (χ3v) is 15.5. The molecule has 6 rings (SSSR count). The minimum atomic E-state index is -2.90. The summed E-state index contributed by atoms with van der Waals surface area (Å²) in [4.78, 5) is 28.3. The highest BCUT2D eigenvalue weighted by molar-refractivity contribution is 6.99. The van der Waals surface area contributed by atoms with Crippen LogP contribution in [-0.4, -0.2) is 62.0 Å². The second-order valence-electron chi connectivity index (χ2n) is 14.6. The number of phenolic OH excluding ortho intramolecular Hbond substituents is 1. The van der Waals surface area contributed by atoms with Crippen molar-refractivity contribution in [2.45, 2.75) is 64.4 Å². The average molecular weight is 664 g/mol. The maximum atomic E-state index is 13.5. The Morgan fingerprint density at radius 1 is 0.958 bits per heavy atom. The van der Waals surface area contributed by atoms with E-state index in [4.69, 9.17) is 9.08 Å². The molecule has 9 heteroatoms. The molecule has 2 N–H and O–H groups in total. The summed E-state index contributed by atoms with van der Waals surface area (Å²) < 4.78 is 13.7. The van der Waals surface area contributed by atoms with Gasteiger partial charge in [0.05, 0.1) is 24.5 Å². The maximum Gasteiger partial charge on any atom is 0.455 e. The molecule has 2 fully saturated rings. The molecule has 0 aromatic heterocycles. The van der Waals surface area contributed by atoms with Crippen LogP contribution >= 0.6 is 0 Å². The van der Waals surface area contributed by atoms with Gasteiger partial charge in [-0.15, -0.1) is 0 Å². The number of allylic oxidation sites excluding steroid dienone is 1. The number of benzene rings is 3. The van der Waals surface area contributed by atoms with Gasteiger partial charge in [0.15, 0.2) is 0 Å². The van der Waals surface area contributed by atoms with Crippen LogP contribution in [0.3, 0.4) is 0 Å². The number of amides is 2. The lowest BCUT2D eigenvalue weighted by Gasteiger charge is -2.46. The molecule has 2 heterocycles. The van der Waals surface area contributed by atoms with Gasteiger partial charge in [-0.1, -0.05) is 105 Å². The van der Waals surface area contributed by atoms with E-state index in [2.05, 4.69) is 82.3 Å². The van der Waals surface area contributed by atoms with E-state index in [0.717, 1.165) is 22.3 Å². The number of rotatable bonds is 9. The zero-order valence-corrected chi connectivity index (χ0v) is 29.6. The molecule has 0 saturated carbocycles. The van der Waals surface area contributed by atoms with Gasteiger partial charge < -0.3 is 19.2 Å². The molecular formula is C39H46BNO6Si. The first-order valence-corrected chi connectivity index (χ1v) is 18.9. The van der Waals surface area contributed by atoms with Crippen LogP contribution in [0.1, 0.15) is 52.5 Å². The molecule has 7 nitrogen and oxygen atoms in total. The third-order valence-electron chi connectivity index (χ3n) is 10.5. The van der Waals surface area contributed by atoms with E-state index in [1.165, 1.54) is 15.3 Å². The van der Waals surface area contributed by atoms with Crippen LogP contribution in [0.15, 0.2) is 102 Å². The lowest BCUT2D eigenvalue weighted by molar-refractivity contribution is -0.138. The molecule has 4 atom stereocenters. The number of hydrogen-bond acceptors (Lipinski definition) is 6. The summed E-state index contributed by atoms with van der Waals surface area (Å²) in [6.45, 7) is 9.12. The van der Waals surface area contributed by atoms with Crippen molar-refractivity contribution in [2.75, 3.05) is 13.7 Å². The predicted molar refractivity (Wildman–Crippen MR) is 192 cm³/mol. The lowest BCUT2D eigenvalue weighted by Crippen LogP contribution is -2.66.